The average molecular weight is 295 g/mol. The molecule has 2 rings (SSSR count). The molecule has 0 aromatic heterocycles. The Morgan fingerprint density at radius 3 is 2.19 bits per heavy atom. The molecule has 0 heterocycles. The van der Waals surface area contributed by atoms with Crippen LogP contribution in [0.5, 0.6) is 0 Å². The van der Waals surface area contributed by atoms with Gasteiger partial charge in [0.2, 0.25) is 5.72 Å². The van der Waals surface area contributed by atoms with Gasteiger partial charge in [-0.25, -0.2) is 0 Å². The Morgan fingerprint density at radius 2 is 1.57 bits per heavy atom. The Morgan fingerprint density at radius 1 is 0.952 bits per heavy atom. The van der Waals surface area contributed by atoms with Crippen LogP contribution < -0.4 is 5.32 Å². The van der Waals surface area contributed by atoms with Crippen molar-refractivity contribution in [2.45, 2.75) is 25.4 Å². The van der Waals surface area contributed by atoms with Crippen molar-refractivity contribution < 1.29 is 18.3 Å². The van der Waals surface area contributed by atoms with Gasteiger partial charge in [-0.15, -0.1) is 0 Å². The van der Waals surface area contributed by atoms with Crippen molar-refractivity contribution >= 4 is 0 Å². The van der Waals surface area contributed by atoms with E-state index in [-0.39, 0.29) is 6.54 Å². The summed E-state index contributed by atoms with van der Waals surface area (Å²) in [5.41, 5.74) is -0.334. The summed E-state index contributed by atoms with van der Waals surface area (Å²) in [5, 5.41) is 11.5. The largest absolute Gasteiger partial charge is 0.430 e. The maximum atomic E-state index is 12.6. The van der Waals surface area contributed by atoms with Gasteiger partial charge < -0.3 is 5.11 Å². The zero-order valence-electron chi connectivity index (χ0n) is 11.5. The van der Waals surface area contributed by atoms with E-state index in [9.17, 15) is 18.3 Å². The molecule has 0 saturated carbocycles. The number of hydrogen-bond acceptors (Lipinski definition) is 2. The van der Waals surface area contributed by atoms with Crippen LogP contribution in [0.3, 0.4) is 0 Å². The summed E-state index contributed by atoms with van der Waals surface area (Å²) in [6, 6.07) is 16.7. The molecule has 0 aliphatic rings. The van der Waals surface area contributed by atoms with Crippen molar-refractivity contribution in [3.63, 3.8) is 0 Å². The lowest BCUT2D eigenvalue weighted by molar-refractivity contribution is -0.265. The Hall–Kier alpha value is -1.85. The van der Waals surface area contributed by atoms with Crippen molar-refractivity contribution in [2.75, 3.05) is 0 Å². The van der Waals surface area contributed by atoms with Crippen molar-refractivity contribution in [1.29, 1.82) is 0 Å². The molecule has 5 heteroatoms. The quantitative estimate of drug-likeness (QED) is 0.843. The summed E-state index contributed by atoms with van der Waals surface area (Å²) in [6.45, 7) is 0.626. The number of rotatable bonds is 4. The zero-order chi connectivity index (χ0) is 15.5. The summed E-state index contributed by atoms with van der Waals surface area (Å²) >= 11 is 0. The second kappa shape index (κ2) is 5.87. The SMILES string of the molecule is CC(O)(NCc1cccc(-c2ccccc2)c1)C(F)(F)F. The van der Waals surface area contributed by atoms with Crippen LogP contribution in [0.2, 0.25) is 0 Å². The number of aliphatic hydroxyl groups is 1. The predicted molar refractivity (Wildman–Crippen MR) is 75.4 cm³/mol. The minimum Gasteiger partial charge on any atom is -0.368 e. The van der Waals surface area contributed by atoms with E-state index in [1.54, 1.807) is 18.2 Å². The number of alkyl halides is 3. The van der Waals surface area contributed by atoms with E-state index < -0.39 is 11.9 Å². The van der Waals surface area contributed by atoms with Crippen molar-refractivity contribution in [2.24, 2.45) is 0 Å². The van der Waals surface area contributed by atoms with Crippen LogP contribution in [0.15, 0.2) is 54.6 Å². The number of hydrogen-bond donors (Lipinski definition) is 2. The number of benzene rings is 2. The Bertz CT molecular complexity index is 594. The highest BCUT2D eigenvalue weighted by Gasteiger charge is 2.49. The molecule has 0 aliphatic carbocycles. The highest BCUT2D eigenvalue weighted by molar-refractivity contribution is 5.63. The number of halogens is 3. The average Bonchev–Trinajstić information content (AvgIpc) is 2.45. The molecular weight excluding hydrogens is 279 g/mol. The van der Waals surface area contributed by atoms with Crippen molar-refractivity contribution in [3.05, 3.63) is 60.2 Å². The van der Waals surface area contributed by atoms with Gasteiger partial charge in [-0.05, 0) is 29.7 Å². The fraction of sp³-hybridized carbons (Fsp3) is 0.250. The van der Waals surface area contributed by atoms with Gasteiger partial charge in [0, 0.05) is 6.54 Å². The third-order valence-electron chi connectivity index (χ3n) is 3.22. The van der Waals surface area contributed by atoms with Gasteiger partial charge in [-0.2, -0.15) is 13.2 Å². The van der Waals surface area contributed by atoms with E-state index in [0.717, 1.165) is 11.1 Å². The molecule has 0 saturated heterocycles. The molecule has 1 unspecified atom stereocenters. The summed E-state index contributed by atoms with van der Waals surface area (Å²) < 4.78 is 37.7. The topological polar surface area (TPSA) is 32.3 Å². The van der Waals surface area contributed by atoms with E-state index in [0.29, 0.717) is 12.5 Å². The van der Waals surface area contributed by atoms with Gasteiger partial charge >= 0.3 is 6.18 Å². The first-order valence-electron chi connectivity index (χ1n) is 6.48. The molecule has 2 aromatic rings. The fourth-order valence-corrected chi connectivity index (χ4v) is 1.87. The summed E-state index contributed by atoms with van der Waals surface area (Å²) in [6.07, 6.45) is -4.72. The van der Waals surface area contributed by atoms with Crippen LogP contribution in [0.1, 0.15) is 12.5 Å². The molecule has 0 aliphatic heterocycles. The lowest BCUT2D eigenvalue weighted by atomic mass is 10.0. The Kier molecular flexibility index (Phi) is 4.34. The molecule has 112 valence electrons. The highest BCUT2D eigenvalue weighted by atomic mass is 19.4. The van der Waals surface area contributed by atoms with Crippen molar-refractivity contribution in [3.8, 4) is 11.1 Å². The van der Waals surface area contributed by atoms with Gasteiger partial charge in [-0.3, -0.25) is 5.32 Å². The zero-order valence-corrected chi connectivity index (χ0v) is 11.5. The van der Waals surface area contributed by atoms with Crippen LogP contribution in [-0.2, 0) is 6.54 Å². The van der Waals surface area contributed by atoms with Crippen LogP contribution in [-0.4, -0.2) is 17.0 Å². The van der Waals surface area contributed by atoms with Gasteiger partial charge in [0.15, 0.2) is 0 Å². The van der Waals surface area contributed by atoms with Crippen LogP contribution >= 0.6 is 0 Å². The first kappa shape index (κ1) is 15.5. The summed E-state index contributed by atoms with van der Waals surface area (Å²) in [7, 11) is 0. The second-order valence-electron chi connectivity index (χ2n) is 4.99. The molecule has 1 atom stereocenters. The van der Waals surface area contributed by atoms with E-state index in [1.165, 1.54) is 0 Å². The Labute approximate surface area is 121 Å². The summed E-state index contributed by atoms with van der Waals surface area (Å²) in [4.78, 5) is 0. The van der Waals surface area contributed by atoms with Crippen molar-refractivity contribution in [1.82, 2.24) is 5.32 Å². The van der Waals surface area contributed by atoms with Gasteiger partial charge in [0.05, 0.1) is 0 Å². The first-order valence-corrected chi connectivity index (χ1v) is 6.48. The standard InChI is InChI=1S/C16H16F3NO/c1-15(21,16(17,18)19)20-11-12-6-5-9-14(10-12)13-7-3-2-4-8-13/h2-10,20-21H,11H2,1H3. The normalized spacial score (nSPS) is 14.7. The first-order chi connectivity index (χ1) is 9.79. The van der Waals surface area contributed by atoms with E-state index in [4.69, 9.17) is 0 Å². The van der Waals surface area contributed by atoms with Gasteiger partial charge in [0.1, 0.15) is 0 Å². The second-order valence-corrected chi connectivity index (χ2v) is 4.99. The van der Waals surface area contributed by atoms with E-state index in [1.807, 2.05) is 36.4 Å². The molecule has 2 nitrogen and oxygen atoms in total. The molecule has 2 aromatic carbocycles. The third-order valence-corrected chi connectivity index (χ3v) is 3.22. The third kappa shape index (κ3) is 3.83. The van der Waals surface area contributed by atoms with Gasteiger partial charge in [-0.1, -0.05) is 48.5 Å². The van der Waals surface area contributed by atoms with Gasteiger partial charge in [0.25, 0.3) is 0 Å². The highest BCUT2D eigenvalue weighted by Crippen LogP contribution is 2.28. The lowest BCUT2D eigenvalue weighted by Crippen LogP contribution is -2.53. The smallest absolute Gasteiger partial charge is 0.368 e. The van der Waals surface area contributed by atoms with Crippen LogP contribution in [0.25, 0.3) is 11.1 Å². The maximum absolute atomic E-state index is 12.6. The van der Waals surface area contributed by atoms with Crippen LogP contribution in [0.4, 0.5) is 13.2 Å². The molecule has 0 spiro atoms. The van der Waals surface area contributed by atoms with E-state index >= 15 is 0 Å². The lowest BCUT2D eigenvalue weighted by Gasteiger charge is -2.27. The molecule has 2 N–H and O–H groups in total. The number of nitrogens with one attached hydrogen (secondary N) is 1. The molecule has 21 heavy (non-hydrogen) atoms. The molecule has 0 amide bonds. The van der Waals surface area contributed by atoms with Crippen LogP contribution in [0, 0.1) is 0 Å². The summed E-state index contributed by atoms with van der Waals surface area (Å²) in [5.74, 6) is 0. The Balaban J connectivity index is 2.13. The molecule has 0 fully saturated rings. The molecule has 0 bridgehead atoms. The predicted octanol–water partition coefficient (Wildman–Crippen LogP) is 3.71. The van der Waals surface area contributed by atoms with E-state index in [2.05, 4.69) is 5.32 Å². The minimum atomic E-state index is -4.72. The molecule has 0 radical (unpaired) electrons. The fourth-order valence-electron chi connectivity index (χ4n) is 1.87. The maximum Gasteiger partial charge on any atom is 0.430 e. The molecular formula is C16H16F3NO. The monoisotopic (exact) mass is 295 g/mol. The minimum absolute atomic E-state index is 0.0762.